The molecular weight excluding hydrogens is 911 g/mol. The first-order chi connectivity index (χ1) is 36.6. The van der Waals surface area contributed by atoms with E-state index in [9.17, 15) is 0 Å². The zero-order valence-corrected chi connectivity index (χ0v) is 42.3. The third-order valence-corrected chi connectivity index (χ3v) is 16.7. The zero-order chi connectivity index (χ0) is 50.2. The molecular formula is C72H51NO2. The van der Waals surface area contributed by atoms with E-state index in [-0.39, 0.29) is 10.8 Å². The van der Waals surface area contributed by atoms with Crippen LogP contribution in [0.2, 0.25) is 0 Å². The molecule has 2 aliphatic carbocycles. The van der Waals surface area contributed by atoms with Crippen LogP contribution in [0, 0.1) is 0 Å². The lowest BCUT2D eigenvalue weighted by molar-refractivity contribution is 0.660. The summed E-state index contributed by atoms with van der Waals surface area (Å²) in [5.41, 5.74) is 26.5. The first-order valence-electron chi connectivity index (χ1n) is 26.1. The Morgan fingerprint density at radius 2 is 0.573 bits per heavy atom. The van der Waals surface area contributed by atoms with Crippen molar-refractivity contribution in [2.45, 2.75) is 38.5 Å². The molecule has 0 fully saturated rings. The van der Waals surface area contributed by atoms with Crippen LogP contribution in [0.1, 0.15) is 49.9 Å². The molecule has 13 aromatic rings. The molecule has 3 nitrogen and oxygen atoms in total. The zero-order valence-electron chi connectivity index (χ0n) is 42.3. The lowest BCUT2D eigenvalue weighted by Crippen LogP contribution is -2.18. The van der Waals surface area contributed by atoms with E-state index in [0.29, 0.717) is 0 Å². The second-order valence-electron chi connectivity index (χ2n) is 21.7. The summed E-state index contributed by atoms with van der Waals surface area (Å²) in [5.74, 6) is 0. The summed E-state index contributed by atoms with van der Waals surface area (Å²) in [6.07, 6.45) is 0. The number of nitrogens with zero attached hydrogens (tertiary/aromatic N) is 1. The topological polar surface area (TPSA) is 29.5 Å². The van der Waals surface area contributed by atoms with Crippen molar-refractivity contribution in [1.29, 1.82) is 0 Å². The van der Waals surface area contributed by atoms with Crippen molar-refractivity contribution in [2.75, 3.05) is 4.90 Å². The predicted molar refractivity (Wildman–Crippen MR) is 313 cm³/mol. The molecule has 0 saturated heterocycles. The van der Waals surface area contributed by atoms with Crippen LogP contribution in [0.4, 0.5) is 17.1 Å². The van der Waals surface area contributed by atoms with E-state index >= 15 is 0 Å². The lowest BCUT2D eigenvalue weighted by atomic mass is 9.81. The van der Waals surface area contributed by atoms with Gasteiger partial charge in [0, 0.05) is 49.4 Å². The van der Waals surface area contributed by atoms with Gasteiger partial charge in [-0.05, 0) is 174 Å². The Morgan fingerprint density at radius 1 is 0.253 bits per heavy atom. The molecule has 0 amide bonds. The fourth-order valence-electron chi connectivity index (χ4n) is 12.6. The number of hydrogen-bond donors (Lipinski definition) is 0. The fourth-order valence-corrected chi connectivity index (χ4v) is 12.6. The highest BCUT2D eigenvalue weighted by atomic mass is 16.3. The van der Waals surface area contributed by atoms with Crippen LogP contribution in [0.15, 0.2) is 245 Å². The van der Waals surface area contributed by atoms with Crippen LogP contribution in [0.25, 0.3) is 111 Å². The molecule has 2 aliphatic rings. The molecule has 0 bridgehead atoms. The van der Waals surface area contributed by atoms with Crippen LogP contribution < -0.4 is 4.90 Å². The summed E-state index contributed by atoms with van der Waals surface area (Å²) < 4.78 is 12.7. The first-order valence-corrected chi connectivity index (χ1v) is 26.1. The van der Waals surface area contributed by atoms with Gasteiger partial charge >= 0.3 is 0 Å². The predicted octanol–water partition coefficient (Wildman–Crippen LogP) is 20.2. The molecule has 11 aromatic carbocycles. The second-order valence-corrected chi connectivity index (χ2v) is 21.7. The molecule has 0 aliphatic heterocycles. The van der Waals surface area contributed by atoms with E-state index < -0.39 is 0 Å². The van der Waals surface area contributed by atoms with Gasteiger partial charge in [-0.25, -0.2) is 0 Å². The normalized spacial score (nSPS) is 13.8. The summed E-state index contributed by atoms with van der Waals surface area (Å²) in [4.78, 5) is 2.46. The number of benzene rings is 11. The summed E-state index contributed by atoms with van der Waals surface area (Å²) >= 11 is 0. The van der Waals surface area contributed by atoms with Gasteiger partial charge in [0.15, 0.2) is 0 Å². The number of rotatable bonds is 7. The molecule has 15 rings (SSSR count). The van der Waals surface area contributed by atoms with Crippen LogP contribution in [-0.2, 0) is 10.8 Å². The maximum atomic E-state index is 6.34. The maximum Gasteiger partial charge on any atom is 0.136 e. The standard InChI is InChI=1S/C72H51NO2/c1-71(2)63-38-48(50-26-34-61-59-14-8-10-16-67(59)74-69(61)40-50)24-32-55(63)57-36-30-53(42-65(57)71)73(52-28-22-47(23-29-52)46-20-18-45(19-21-46)44-12-6-5-7-13-44)54-31-37-58-56-33-25-49(39-64(56)72(3,4)66(58)43-54)51-27-35-62-60-15-9-11-17-68(60)75-70(62)41-51/h5-43H,1-4H3. The number of anilines is 3. The number of fused-ring (bicyclic) bond motifs is 12. The Morgan fingerprint density at radius 3 is 1.04 bits per heavy atom. The van der Waals surface area contributed by atoms with Gasteiger partial charge in [0.05, 0.1) is 0 Å². The van der Waals surface area contributed by atoms with Gasteiger partial charge in [0.1, 0.15) is 22.3 Å². The van der Waals surface area contributed by atoms with E-state index in [1.807, 2.05) is 24.3 Å². The highest BCUT2D eigenvalue weighted by molar-refractivity contribution is 6.07. The van der Waals surface area contributed by atoms with Crippen molar-refractivity contribution in [3.05, 3.63) is 259 Å². The van der Waals surface area contributed by atoms with Gasteiger partial charge in [-0.1, -0.05) is 179 Å². The molecule has 356 valence electrons. The molecule has 75 heavy (non-hydrogen) atoms. The summed E-state index contributed by atoms with van der Waals surface area (Å²) in [7, 11) is 0. The fraction of sp³-hybridized carbons (Fsp3) is 0.0833. The molecule has 0 N–H and O–H groups in total. The average Bonchev–Trinajstić information content (AvgIpc) is 4.18. The lowest BCUT2D eigenvalue weighted by Gasteiger charge is -2.30. The van der Waals surface area contributed by atoms with E-state index in [4.69, 9.17) is 8.83 Å². The van der Waals surface area contributed by atoms with Gasteiger partial charge in [0.25, 0.3) is 0 Å². The van der Waals surface area contributed by atoms with Crippen molar-refractivity contribution in [2.24, 2.45) is 0 Å². The van der Waals surface area contributed by atoms with Gasteiger partial charge < -0.3 is 13.7 Å². The van der Waals surface area contributed by atoms with Crippen LogP contribution >= 0.6 is 0 Å². The second kappa shape index (κ2) is 16.2. The Balaban J connectivity index is 0.808. The van der Waals surface area contributed by atoms with Crippen molar-refractivity contribution >= 4 is 60.9 Å². The Labute approximate surface area is 436 Å². The minimum atomic E-state index is -0.254. The minimum Gasteiger partial charge on any atom is -0.456 e. The third-order valence-electron chi connectivity index (χ3n) is 16.7. The number of para-hydroxylation sites is 2. The molecule has 0 unspecified atom stereocenters. The van der Waals surface area contributed by atoms with Crippen LogP contribution in [0.5, 0.6) is 0 Å². The molecule has 0 spiro atoms. The number of furan rings is 2. The van der Waals surface area contributed by atoms with Crippen LogP contribution in [0.3, 0.4) is 0 Å². The maximum absolute atomic E-state index is 6.34. The van der Waals surface area contributed by atoms with Gasteiger partial charge in [-0.15, -0.1) is 0 Å². The smallest absolute Gasteiger partial charge is 0.136 e. The molecule has 2 aromatic heterocycles. The van der Waals surface area contributed by atoms with Crippen molar-refractivity contribution in [1.82, 2.24) is 0 Å². The van der Waals surface area contributed by atoms with Gasteiger partial charge in [-0.2, -0.15) is 0 Å². The van der Waals surface area contributed by atoms with E-state index in [2.05, 4.69) is 245 Å². The Bertz CT molecular complexity index is 4230. The van der Waals surface area contributed by atoms with Crippen molar-refractivity contribution in [3.63, 3.8) is 0 Å². The van der Waals surface area contributed by atoms with Crippen molar-refractivity contribution < 1.29 is 8.83 Å². The molecule has 0 radical (unpaired) electrons. The van der Waals surface area contributed by atoms with E-state index in [0.717, 1.165) is 72.1 Å². The van der Waals surface area contributed by atoms with Crippen LogP contribution in [-0.4, -0.2) is 0 Å². The SMILES string of the molecule is CC1(C)c2cc(-c3ccc4c(c3)oc3ccccc34)ccc2-c2ccc(N(c3ccc(-c4ccc(-c5ccccc5)cc4)cc3)c3ccc4c(c3)C(C)(C)c3cc(-c5ccc6c(c5)oc5ccccc56)ccc3-4)cc21. The van der Waals surface area contributed by atoms with Gasteiger partial charge in [-0.3, -0.25) is 0 Å². The molecule has 0 atom stereocenters. The average molecular weight is 962 g/mol. The monoisotopic (exact) mass is 961 g/mol. The Kier molecular flexibility index (Phi) is 9.35. The third kappa shape index (κ3) is 6.74. The highest BCUT2D eigenvalue weighted by Gasteiger charge is 2.38. The number of hydrogen-bond acceptors (Lipinski definition) is 3. The molecule has 0 saturated carbocycles. The van der Waals surface area contributed by atoms with Crippen molar-refractivity contribution in [3.8, 4) is 66.8 Å². The Hall–Kier alpha value is -9.18. The van der Waals surface area contributed by atoms with E-state index in [1.54, 1.807) is 0 Å². The molecule has 2 heterocycles. The largest absolute Gasteiger partial charge is 0.456 e. The first kappa shape index (κ1) is 43.4. The van der Waals surface area contributed by atoms with E-state index in [1.165, 1.54) is 77.9 Å². The quantitative estimate of drug-likeness (QED) is 0.159. The minimum absolute atomic E-state index is 0.254. The highest BCUT2D eigenvalue weighted by Crippen LogP contribution is 2.54. The molecule has 3 heteroatoms. The summed E-state index contributed by atoms with van der Waals surface area (Å²) in [5, 5.41) is 4.59. The summed E-state index contributed by atoms with van der Waals surface area (Å²) in [6.45, 7) is 9.53. The summed E-state index contributed by atoms with van der Waals surface area (Å²) in [6, 6.07) is 86.8. The van der Waals surface area contributed by atoms with Gasteiger partial charge in [0.2, 0.25) is 0 Å².